The third kappa shape index (κ3) is 4.84. The number of aromatic nitrogens is 1. The van der Waals surface area contributed by atoms with Crippen LogP contribution in [0, 0.1) is 0 Å². The van der Waals surface area contributed by atoms with Gasteiger partial charge in [0.25, 0.3) is 5.91 Å². The smallest absolute Gasteiger partial charge is 0.310 e. The lowest BCUT2D eigenvalue weighted by Crippen LogP contribution is -2.22. The number of nitrogens with one attached hydrogen (secondary N) is 1. The summed E-state index contributed by atoms with van der Waals surface area (Å²) in [6.45, 7) is 0.583. The molecule has 3 rings (SSSR count). The molecule has 2 aromatic rings. The number of fused-ring (bicyclic) bond motifs is 1. The second-order valence-electron chi connectivity index (χ2n) is 5.23. The molecule has 1 aliphatic heterocycles. The molecule has 0 aliphatic carbocycles. The van der Waals surface area contributed by atoms with Crippen LogP contribution < -0.4 is 14.8 Å². The SMILES string of the molecule is O=C(COC(=O)Cc1ccc2c(c1)OCCO2)Nc1ccc(Cl)cn1. The van der Waals surface area contributed by atoms with Crippen LogP contribution in [0.2, 0.25) is 5.02 Å². The summed E-state index contributed by atoms with van der Waals surface area (Å²) in [6, 6.07) is 8.38. The van der Waals surface area contributed by atoms with Gasteiger partial charge < -0.3 is 19.5 Å². The largest absolute Gasteiger partial charge is 0.486 e. The molecule has 8 heteroatoms. The highest BCUT2D eigenvalue weighted by molar-refractivity contribution is 6.30. The van der Waals surface area contributed by atoms with E-state index in [1.807, 2.05) is 0 Å². The molecule has 0 atom stereocenters. The van der Waals surface area contributed by atoms with E-state index < -0.39 is 18.5 Å². The van der Waals surface area contributed by atoms with E-state index in [9.17, 15) is 9.59 Å². The molecule has 0 saturated carbocycles. The van der Waals surface area contributed by atoms with E-state index in [2.05, 4.69) is 10.3 Å². The molecule has 1 aromatic heterocycles. The zero-order valence-electron chi connectivity index (χ0n) is 13.2. The van der Waals surface area contributed by atoms with Gasteiger partial charge in [-0.3, -0.25) is 9.59 Å². The maximum Gasteiger partial charge on any atom is 0.310 e. The number of ether oxygens (including phenoxy) is 3. The summed E-state index contributed by atoms with van der Waals surface area (Å²) in [6.07, 6.45) is 1.44. The number of hydrogen-bond acceptors (Lipinski definition) is 6. The minimum Gasteiger partial charge on any atom is -0.486 e. The fourth-order valence-electron chi connectivity index (χ4n) is 2.19. The minimum atomic E-state index is -0.518. The Hall–Kier alpha value is -2.80. The monoisotopic (exact) mass is 362 g/mol. The van der Waals surface area contributed by atoms with Crippen molar-refractivity contribution in [2.45, 2.75) is 6.42 Å². The number of carbonyl (C=O) groups excluding carboxylic acids is 2. The Morgan fingerprint density at radius 3 is 2.72 bits per heavy atom. The van der Waals surface area contributed by atoms with Crippen molar-refractivity contribution in [1.82, 2.24) is 4.98 Å². The summed E-state index contributed by atoms with van der Waals surface area (Å²) in [5.41, 5.74) is 0.717. The van der Waals surface area contributed by atoms with Gasteiger partial charge in [0.15, 0.2) is 18.1 Å². The van der Waals surface area contributed by atoms with Gasteiger partial charge in [-0.05, 0) is 29.8 Å². The molecule has 2 heterocycles. The zero-order valence-corrected chi connectivity index (χ0v) is 13.9. The molecule has 0 fully saturated rings. The first-order valence-corrected chi connectivity index (χ1v) is 7.93. The molecule has 1 N–H and O–H groups in total. The van der Waals surface area contributed by atoms with Crippen LogP contribution in [-0.4, -0.2) is 36.7 Å². The van der Waals surface area contributed by atoms with E-state index >= 15 is 0 Å². The quantitative estimate of drug-likeness (QED) is 0.821. The average Bonchev–Trinajstić information content (AvgIpc) is 2.62. The number of pyridine rings is 1. The number of nitrogens with zero attached hydrogens (tertiary/aromatic N) is 1. The molecule has 0 bridgehead atoms. The summed E-state index contributed by atoms with van der Waals surface area (Å²) in [4.78, 5) is 27.5. The van der Waals surface area contributed by atoms with Crippen LogP contribution in [0.5, 0.6) is 11.5 Å². The molecular formula is C17H15ClN2O5. The molecule has 0 radical (unpaired) electrons. The molecule has 1 aromatic carbocycles. The molecule has 0 saturated heterocycles. The third-order valence-corrected chi connectivity index (χ3v) is 3.54. The lowest BCUT2D eigenvalue weighted by Gasteiger charge is -2.18. The first-order chi connectivity index (χ1) is 12.1. The van der Waals surface area contributed by atoms with Crippen molar-refractivity contribution < 1.29 is 23.8 Å². The van der Waals surface area contributed by atoms with E-state index in [1.165, 1.54) is 6.20 Å². The van der Waals surface area contributed by atoms with Gasteiger partial charge in [-0.25, -0.2) is 4.98 Å². The number of carbonyl (C=O) groups is 2. The van der Waals surface area contributed by atoms with E-state index in [4.69, 9.17) is 25.8 Å². The van der Waals surface area contributed by atoms with Crippen molar-refractivity contribution in [2.75, 3.05) is 25.1 Å². The van der Waals surface area contributed by atoms with Gasteiger partial charge in [0.05, 0.1) is 11.4 Å². The topological polar surface area (TPSA) is 86.8 Å². The highest BCUT2D eigenvalue weighted by Gasteiger charge is 2.14. The average molecular weight is 363 g/mol. The lowest BCUT2D eigenvalue weighted by molar-refractivity contribution is -0.146. The first kappa shape index (κ1) is 17.0. The number of esters is 1. The van der Waals surface area contributed by atoms with Gasteiger partial charge in [0.1, 0.15) is 19.0 Å². The van der Waals surface area contributed by atoms with Gasteiger partial charge in [-0.15, -0.1) is 0 Å². The van der Waals surface area contributed by atoms with Gasteiger partial charge in [0.2, 0.25) is 0 Å². The Morgan fingerprint density at radius 1 is 1.16 bits per heavy atom. The number of anilines is 1. The summed E-state index contributed by atoms with van der Waals surface area (Å²) in [7, 11) is 0. The zero-order chi connectivity index (χ0) is 17.6. The van der Waals surface area contributed by atoms with E-state index in [1.54, 1.807) is 30.3 Å². The Morgan fingerprint density at radius 2 is 1.96 bits per heavy atom. The van der Waals surface area contributed by atoms with E-state index in [-0.39, 0.29) is 6.42 Å². The van der Waals surface area contributed by atoms with Crippen molar-refractivity contribution in [1.29, 1.82) is 0 Å². The van der Waals surface area contributed by atoms with Crippen LogP contribution in [0.25, 0.3) is 0 Å². The molecule has 25 heavy (non-hydrogen) atoms. The molecule has 130 valence electrons. The van der Waals surface area contributed by atoms with Crippen molar-refractivity contribution in [3.8, 4) is 11.5 Å². The van der Waals surface area contributed by atoms with E-state index in [0.717, 1.165) is 0 Å². The highest BCUT2D eigenvalue weighted by atomic mass is 35.5. The normalized spacial score (nSPS) is 12.4. The summed E-state index contributed by atoms with van der Waals surface area (Å²) < 4.78 is 15.8. The second-order valence-corrected chi connectivity index (χ2v) is 5.66. The highest BCUT2D eigenvalue weighted by Crippen LogP contribution is 2.30. The van der Waals surface area contributed by atoms with Gasteiger partial charge >= 0.3 is 5.97 Å². The molecule has 0 spiro atoms. The Labute approximate surface area is 148 Å². The van der Waals surface area contributed by atoms with Crippen molar-refractivity contribution >= 4 is 29.3 Å². The Kier molecular flexibility index (Phi) is 5.35. The van der Waals surface area contributed by atoms with E-state index in [0.29, 0.717) is 41.1 Å². The molecule has 0 unspecified atom stereocenters. The molecular weight excluding hydrogens is 348 g/mol. The fraction of sp³-hybridized carbons (Fsp3) is 0.235. The number of rotatable bonds is 5. The minimum absolute atomic E-state index is 0.0309. The molecule has 1 amide bonds. The third-order valence-electron chi connectivity index (χ3n) is 3.31. The van der Waals surface area contributed by atoms with Crippen molar-refractivity contribution in [2.24, 2.45) is 0 Å². The van der Waals surface area contributed by atoms with Crippen LogP contribution in [0.1, 0.15) is 5.56 Å². The van der Waals surface area contributed by atoms with Gasteiger partial charge in [-0.2, -0.15) is 0 Å². The predicted octanol–water partition coefficient (Wildman–Crippen LogP) is 2.23. The number of hydrogen-bond donors (Lipinski definition) is 1. The summed E-state index contributed by atoms with van der Waals surface area (Å²) in [5, 5.41) is 2.97. The standard InChI is InChI=1S/C17H15ClN2O5/c18-12-2-4-15(19-9-12)20-16(21)10-25-17(22)8-11-1-3-13-14(7-11)24-6-5-23-13/h1-4,7,9H,5-6,8,10H2,(H,19,20,21). The van der Waals surface area contributed by atoms with Crippen LogP contribution >= 0.6 is 11.6 Å². The number of amides is 1. The summed E-state index contributed by atoms with van der Waals surface area (Å²) in [5.74, 6) is 0.583. The fourth-order valence-corrected chi connectivity index (χ4v) is 2.30. The predicted molar refractivity (Wildman–Crippen MR) is 90.0 cm³/mol. The number of benzene rings is 1. The maximum atomic E-state index is 11.9. The van der Waals surface area contributed by atoms with Crippen LogP contribution in [-0.2, 0) is 20.7 Å². The molecule has 7 nitrogen and oxygen atoms in total. The Bertz CT molecular complexity index is 779. The van der Waals surface area contributed by atoms with Crippen LogP contribution in [0.4, 0.5) is 5.82 Å². The number of halogens is 1. The second kappa shape index (κ2) is 7.85. The Balaban J connectivity index is 1.47. The lowest BCUT2D eigenvalue weighted by atomic mass is 10.1. The van der Waals surface area contributed by atoms with Crippen LogP contribution in [0.3, 0.4) is 0 Å². The van der Waals surface area contributed by atoms with Gasteiger partial charge in [-0.1, -0.05) is 17.7 Å². The molecule has 1 aliphatic rings. The van der Waals surface area contributed by atoms with Crippen molar-refractivity contribution in [3.63, 3.8) is 0 Å². The maximum absolute atomic E-state index is 11.9. The van der Waals surface area contributed by atoms with Crippen molar-refractivity contribution in [3.05, 3.63) is 47.1 Å². The first-order valence-electron chi connectivity index (χ1n) is 7.56. The summed E-state index contributed by atoms with van der Waals surface area (Å²) >= 11 is 5.71. The van der Waals surface area contributed by atoms with Gasteiger partial charge in [0, 0.05) is 6.20 Å². The van der Waals surface area contributed by atoms with Crippen LogP contribution in [0.15, 0.2) is 36.5 Å².